The van der Waals surface area contributed by atoms with Crippen LogP contribution in [0.3, 0.4) is 0 Å². The first-order valence-electron chi connectivity index (χ1n) is 10.2. The number of rotatable bonds is 7. The van der Waals surface area contributed by atoms with Crippen molar-refractivity contribution in [2.75, 3.05) is 16.9 Å². The minimum Gasteiger partial charge on any atom is -0.467 e. The fraction of sp³-hybridized carbons (Fsp3) is 0.217. The van der Waals surface area contributed by atoms with Crippen LogP contribution in [0.1, 0.15) is 28.1 Å². The zero-order chi connectivity index (χ0) is 23.5. The van der Waals surface area contributed by atoms with Crippen LogP contribution in [0.5, 0.6) is 0 Å². The summed E-state index contributed by atoms with van der Waals surface area (Å²) in [5.41, 5.74) is 4.10. The van der Waals surface area contributed by atoms with Crippen molar-refractivity contribution in [1.29, 1.82) is 5.26 Å². The van der Waals surface area contributed by atoms with Gasteiger partial charge in [-0.05, 0) is 38.5 Å². The number of thioether (sulfide) groups is 1. The van der Waals surface area contributed by atoms with Gasteiger partial charge in [0.25, 0.3) is 0 Å². The van der Waals surface area contributed by atoms with Gasteiger partial charge in [0.2, 0.25) is 11.1 Å². The molecule has 0 atom stereocenters. The Labute approximate surface area is 195 Å². The quantitative estimate of drug-likeness (QED) is 0.318. The number of anilines is 1. The van der Waals surface area contributed by atoms with Gasteiger partial charge in [0.05, 0.1) is 24.1 Å². The summed E-state index contributed by atoms with van der Waals surface area (Å²) in [5.74, 6) is 7.62. The Bertz CT molecular complexity index is 1330. The van der Waals surface area contributed by atoms with E-state index in [2.05, 4.69) is 21.6 Å². The summed E-state index contributed by atoms with van der Waals surface area (Å²) in [6, 6.07) is 13.6. The van der Waals surface area contributed by atoms with Gasteiger partial charge in [0.1, 0.15) is 17.6 Å². The second kappa shape index (κ2) is 9.26. The van der Waals surface area contributed by atoms with Crippen LogP contribution in [0, 0.1) is 32.1 Å². The smallest absolute Gasteiger partial charge is 0.235 e. The minimum atomic E-state index is -0.283. The van der Waals surface area contributed by atoms with Crippen molar-refractivity contribution in [2.24, 2.45) is 0 Å². The molecule has 0 spiro atoms. The molecule has 0 radical (unpaired) electrons. The molecule has 10 heteroatoms. The highest BCUT2D eigenvalue weighted by Gasteiger charge is 2.21. The van der Waals surface area contributed by atoms with Crippen LogP contribution in [-0.4, -0.2) is 31.1 Å². The van der Waals surface area contributed by atoms with Crippen LogP contribution in [0.4, 0.5) is 5.82 Å². The summed E-state index contributed by atoms with van der Waals surface area (Å²) in [5, 5.41) is 21.2. The number of nitriles is 1. The molecule has 4 rings (SSSR count). The molecule has 0 aliphatic heterocycles. The molecule has 33 heavy (non-hydrogen) atoms. The normalized spacial score (nSPS) is 10.8. The molecule has 9 nitrogen and oxygen atoms in total. The summed E-state index contributed by atoms with van der Waals surface area (Å²) in [7, 11) is 0. The molecular weight excluding hydrogens is 438 g/mol. The number of carbonyl (C=O) groups excluding carboxylic acids is 1. The summed E-state index contributed by atoms with van der Waals surface area (Å²) in [6.07, 6.45) is 1.59. The number of furan rings is 1. The summed E-state index contributed by atoms with van der Waals surface area (Å²) in [6.45, 7) is 6.18. The number of nitrogens with two attached hydrogens (primary N) is 1. The maximum Gasteiger partial charge on any atom is 0.235 e. The first-order valence-corrected chi connectivity index (χ1v) is 11.2. The van der Waals surface area contributed by atoms with E-state index in [9.17, 15) is 10.1 Å². The van der Waals surface area contributed by atoms with Gasteiger partial charge in [-0.15, -0.1) is 10.2 Å². The summed E-state index contributed by atoms with van der Waals surface area (Å²) in [4.78, 5) is 12.8. The van der Waals surface area contributed by atoms with E-state index in [1.807, 2.05) is 55.7 Å². The molecule has 3 heterocycles. The van der Waals surface area contributed by atoms with Crippen molar-refractivity contribution < 1.29 is 9.21 Å². The van der Waals surface area contributed by atoms with Crippen molar-refractivity contribution in [3.63, 3.8) is 0 Å². The highest BCUT2D eigenvalue weighted by molar-refractivity contribution is 7.99. The molecule has 0 fully saturated rings. The Morgan fingerprint density at radius 3 is 2.64 bits per heavy atom. The lowest BCUT2D eigenvalue weighted by Gasteiger charge is -2.12. The molecular formula is C23H23N7O2S. The number of nitrogens with zero attached hydrogens (tertiary/aromatic N) is 5. The number of nitrogens with one attached hydrogen (secondary N) is 1. The second-order valence-electron chi connectivity index (χ2n) is 7.59. The van der Waals surface area contributed by atoms with E-state index in [1.165, 1.54) is 16.4 Å². The second-order valence-corrected chi connectivity index (χ2v) is 8.53. The zero-order valence-electron chi connectivity index (χ0n) is 18.5. The third-order valence-electron chi connectivity index (χ3n) is 5.40. The van der Waals surface area contributed by atoms with Crippen LogP contribution < -0.4 is 11.2 Å². The Balaban J connectivity index is 1.49. The SMILES string of the molecule is Cc1ccc(-c2nnc(SCC(=O)Nc3c(C#N)c(C)c(C)n3Cc3ccco3)n2N)cc1. The van der Waals surface area contributed by atoms with E-state index in [-0.39, 0.29) is 11.7 Å². The zero-order valence-corrected chi connectivity index (χ0v) is 19.3. The van der Waals surface area contributed by atoms with E-state index in [0.717, 1.165) is 28.1 Å². The summed E-state index contributed by atoms with van der Waals surface area (Å²) >= 11 is 1.17. The number of hydrogen-bond donors (Lipinski definition) is 2. The van der Waals surface area contributed by atoms with Gasteiger partial charge in [0.15, 0.2) is 5.82 Å². The van der Waals surface area contributed by atoms with Crippen molar-refractivity contribution in [1.82, 2.24) is 19.4 Å². The predicted molar refractivity (Wildman–Crippen MR) is 126 cm³/mol. The van der Waals surface area contributed by atoms with Crippen LogP contribution in [0.2, 0.25) is 0 Å². The van der Waals surface area contributed by atoms with Gasteiger partial charge >= 0.3 is 0 Å². The number of nitrogen functional groups attached to an aromatic ring is 1. The number of aryl methyl sites for hydroxylation is 1. The van der Waals surface area contributed by atoms with Crippen molar-refractivity contribution in [3.05, 3.63) is 70.8 Å². The highest BCUT2D eigenvalue weighted by Crippen LogP contribution is 2.28. The average Bonchev–Trinajstić information content (AvgIpc) is 3.50. The topological polar surface area (TPSA) is 128 Å². The Morgan fingerprint density at radius 1 is 1.21 bits per heavy atom. The van der Waals surface area contributed by atoms with Gasteiger partial charge in [-0.1, -0.05) is 41.6 Å². The number of aromatic nitrogens is 4. The van der Waals surface area contributed by atoms with Crippen molar-refractivity contribution >= 4 is 23.5 Å². The molecule has 0 saturated heterocycles. The monoisotopic (exact) mass is 461 g/mol. The lowest BCUT2D eigenvalue weighted by Crippen LogP contribution is -2.19. The Hall–Kier alpha value is -3.97. The highest BCUT2D eigenvalue weighted by atomic mass is 32.2. The number of benzene rings is 1. The van der Waals surface area contributed by atoms with Gasteiger partial charge < -0.3 is 20.1 Å². The van der Waals surface area contributed by atoms with Crippen LogP contribution in [0.25, 0.3) is 11.4 Å². The molecule has 1 amide bonds. The summed E-state index contributed by atoms with van der Waals surface area (Å²) < 4.78 is 8.69. The van der Waals surface area contributed by atoms with E-state index in [1.54, 1.807) is 12.3 Å². The molecule has 1 aromatic carbocycles. The third kappa shape index (κ3) is 4.49. The van der Waals surface area contributed by atoms with Gasteiger partial charge in [-0.2, -0.15) is 5.26 Å². The first kappa shape index (κ1) is 22.2. The molecule has 0 aliphatic carbocycles. The minimum absolute atomic E-state index is 0.0537. The van der Waals surface area contributed by atoms with Gasteiger partial charge in [-0.25, -0.2) is 4.68 Å². The maximum atomic E-state index is 12.8. The molecule has 3 N–H and O–H groups in total. The van der Waals surface area contributed by atoms with Crippen molar-refractivity contribution in [3.8, 4) is 17.5 Å². The number of carbonyl (C=O) groups is 1. The van der Waals surface area contributed by atoms with Crippen LogP contribution >= 0.6 is 11.8 Å². The maximum absolute atomic E-state index is 12.8. The molecule has 0 bridgehead atoms. The van der Waals surface area contributed by atoms with E-state index in [0.29, 0.717) is 28.9 Å². The van der Waals surface area contributed by atoms with Gasteiger partial charge in [0, 0.05) is 11.3 Å². The molecule has 168 valence electrons. The lowest BCUT2D eigenvalue weighted by molar-refractivity contribution is -0.113. The van der Waals surface area contributed by atoms with Gasteiger partial charge in [-0.3, -0.25) is 4.79 Å². The fourth-order valence-electron chi connectivity index (χ4n) is 3.46. The lowest BCUT2D eigenvalue weighted by atomic mass is 10.1. The molecule has 0 saturated carbocycles. The standard InChI is InChI=1S/C23H23N7O2S/c1-14-6-8-17(9-7-14)21-27-28-23(30(21)25)33-13-20(31)26-22-19(11-24)15(2)16(3)29(22)12-18-5-4-10-32-18/h4-10H,12-13,25H2,1-3H3,(H,26,31). The van der Waals surface area contributed by atoms with E-state index in [4.69, 9.17) is 10.3 Å². The molecule has 3 aromatic heterocycles. The Kier molecular flexibility index (Phi) is 6.24. The molecule has 4 aromatic rings. The van der Waals surface area contributed by atoms with E-state index < -0.39 is 0 Å². The number of hydrogen-bond acceptors (Lipinski definition) is 7. The number of amides is 1. The average molecular weight is 462 g/mol. The fourth-order valence-corrected chi connectivity index (χ4v) is 4.12. The van der Waals surface area contributed by atoms with E-state index >= 15 is 0 Å². The Morgan fingerprint density at radius 2 is 1.97 bits per heavy atom. The van der Waals surface area contributed by atoms with Crippen LogP contribution in [-0.2, 0) is 11.3 Å². The molecule has 0 aliphatic rings. The third-order valence-corrected chi connectivity index (χ3v) is 6.34. The first-order chi connectivity index (χ1) is 15.9. The molecule has 0 unspecified atom stereocenters. The van der Waals surface area contributed by atoms with Crippen molar-refractivity contribution in [2.45, 2.75) is 32.5 Å². The largest absolute Gasteiger partial charge is 0.467 e. The van der Waals surface area contributed by atoms with Crippen LogP contribution in [0.15, 0.2) is 52.2 Å². The predicted octanol–water partition coefficient (Wildman–Crippen LogP) is 3.63.